The molecule has 0 bridgehead atoms. The lowest BCUT2D eigenvalue weighted by molar-refractivity contribution is -0.388. The molecule has 0 radical (unpaired) electrons. The van der Waals surface area contributed by atoms with Gasteiger partial charge in [-0.05, 0) is 44.9 Å². The third-order valence-electron chi connectivity index (χ3n) is 4.66. The maximum absolute atomic E-state index is 14.3. The standard InChI is InChI=1S/C19H24F4N2O8S/c1-18(2,3)33-17(27)24-13-8-34(30,31)7-11(16(13)26)4-10-5-12(20)15(25(28)29)14(6-10)32-9-19(21,22)23/h5-6,11,13,16,26H,4,7-9H2,1-3H3,(H,24,27)/t11-,13+,16+/m1/s1. The van der Waals surface area contributed by atoms with E-state index in [4.69, 9.17) is 4.74 Å². The first-order valence-corrected chi connectivity index (χ1v) is 11.7. The number of halogens is 4. The van der Waals surface area contributed by atoms with Crippen LogP contribution >= 0.6 is 0 Å². The zero-order chi connectivity index (χ0) is 26.1. The number of hydrogen-bond acceptors (Lipinski definition) is 8. The highest BCUT2D eigenvalue weighted by atomic mass is 32.2. The largest absolute Gasteiger partial charge is 0.477 e. The van der Waals surface area contributed by atoms with Gasteiger partial charge in [-0.3, -0.25) is 10.1 Å². The monoisotopic (exact) mass is 516 g/mol. The van der Waals surface area contributed by atoms with Crippen LogP contribution in [0, 0.1) is 21.8 Å². The van der Waals surface area contributed by atoms with Crippen molar-refractivity contribution in [1.29, 1.82) is 0 Å². The molecule has 1 aliphatic rings. The molecule has 1 fully saturated rings. The summed E-state index contributed by atoms with van der Waals surface area (Å²) in [6, 6.07) is 0.169. The molecular formula is C19H24F4N2O8S. The molecule has 2 N–H and O–H groups in total. The number of rotatable bonds is 6. The van der Waals surface area contributed by atoms with Crippen molar-refractivity contribution < 1.29 is 50.3 Å². The van der Waals surface area contributed by atoms with Gasteiger partial charge in [0.05, 0.1) is 28.6 Å². The lowest BCUT2D eigenvalue weighted by Crippen LogP contribution is -2.56. The SMILES string of the molecule is CC(C)(C)OC(=O)N[C@H]1CS(=O)(=O)C[C@@H](Cc2cc(F)c([N+](=O)[O-])c(OCC(F)(F)F)c2)[C@@H]1O. The maximum atomic E-state index is 14.3. The quantitative estimate of drug-likeness (QED) is 0.333. The number of nitrogens with zero attached hydrogens (tertiary/aromatic N) is 1. The van der Waals surface area contributed by atoms with E-state index in [-0.39, 0.29) is 12.0 Å². The minimum atomic E-state index is -4.85. The van der Waals surface area contributed by atoms with E-state index in [0.717, 1.165) is 6.07 Å². The van der Waals surface area contributed by atoms with Crippen molar-refractivity contribution in [2.24, 2.45) is 5.92 Å². The van der Waals surface area contributed by atoms with Crippen molar-refractivity contribution in [3.8, 4) is 5.75 Å². The van der Waals surface area contributed by atoms with E-state index in [0.29, 0.717) is 6.07 Å². The van der Waals surface area contributed by atoms with E-state index in [1.54, 1.807) is 20.8 Å². The summed E-state index contributed by atoms with van der Waals surface area (Å²) in [5.74, 6) is -4.77. The van der Waals surface area contributed by atoms with E-state index < -0.39 is 86.1 Å². The van der Waals surface area contributed by atoms with Gasteiger partial charge in [-0.1, -0.05) is 0 Å². The molecule has 15 heteroatoms. The number of carbonyl (C=O) groups excluding carboxylic acids is 1. The van der Waals surface area contributed by atoms with Crippen molar-refractivity contribution in [2.45, 2.75) is 51.1 Å². The molecule has 0 aliphatic carbocycles. The van der Waals surface area contributed by atoms with E-state index in [1.807, 2.05) is 0 Å². The van der Waals surface area contributed by atoms with Gasteiger partial charge >= 0.3 is 18.0 Å². The molecule has 1 saturated heterocycles. The predicted molar refractivity (Wildman–Crippen MR) is 110 cm³/mol. The van der Waals surface area contributed by atoms with E-state index in [9.17, 15) is 46.0 Å². The molecule has 0 unspecified atom stereocenters. The topological polar surface area (TPSA) is 145 Å². The lowest BCUT2D eigenvalue weighted by Gasteiger charge is -2.35. The van der Waals surface area contributed by atoms with Gasteiger partial charge in [-0.2, -0.15) is 17.6 Å². The summed E-state index contributed by atoms with van der Waals surface area (Å²) in [6.45, 7) is 2.81. The Kier molecular flexibility index (Phi) is 8.02. The molecule has 2 rings (SSSR count). The number of nitro groups is 1. The van der Waals surface area contributed by atoms with E-state index in [2.05, 4.69) is 10.1 Å². The Bertz CT molecular complexity index is 1040. The lowest BCUT2D eigenvalue weighted by atomic mass is 9.91. The van der Waals surface area contributed by atoms with Gasteiger partial charge < -0.3 is 19.9 Å². The highest BCUT2D eigenvalue weighted by Crippen LogP contribution is 2.34. The third kappa shape index (κ3) is 7.97. The van der Waals surface area contributed by atoms with Gasteiger partial charge in [0.25, 0.3) is 0 Å². The second-order valence-electron chi connectivity index (χ2n) is 8.87. The number of nitrogens with one attached hydrogen (secondary N) is 1. The number of carbonyl (C=O) groups is 1. The molecule has 1 aromatic rings. The number of aliphatic hydroxyl groups is 1. The average molecular weight is 516 g/mol. The van der Waals surface area contributed by atoms with Gasteiger partial charge in [0.15, 0.2) is 16.4 Å². The third-order valence-corrected chi connectivity index (χ3v) is 6.46. The first-order valence-electron chi connectivity index (χ1n) is 9.91. The summed E-state index contributed by atoms with van der Waals surface area (Å²) in [5.41, 5.74) is -2.35. The van der Waals surface area contributed by atoms with Crippen LogP contribution in [0.3, 0.4) is 0 Å². The Morgan fingerprint density at radius 2 is 1.88 bits per heavy atom. The molecule has 34 heavy (non-hydrogen) atoms. The molecule has 1 aromatic carbocycles. The van der Waals surface area contributed by atoms with Crippen LogP contribution in [0.15, 0.2) is 12.1 Å². The second-order valence-corrected chi connectivity index (χ2v) is 11.0. The predicted octanol–water partition coefficient (Wildman–Crippen LogP) is 2.52. The van der Waals surface area contributed by atoms with Gasteiger partial charge in [-0.25, -0.2) is 13.2 Å². The van der Waals surface area contributed by atoms with Crippen molar-refractivity contribution in [3.05, 3.63) is 33.6 Å². The number of ether oxygens (including phenoxy) is 2. The van der Waals surface area contributed by atoms with Crippen LogP contribution in [0.5, 0.6) is 5.75 Å². The van der Waals surface area contributed by atoms with Gasteiger partial charge in [0.2, 0.25) is 11.6 Å². The number of aliphatic hydroxyl groups excluding tert-OH is 1. The summed E-state index contributed by atoms with van der Waals surface area (Å²) in [7, 11) is -3.81. The Balaban J connectivity index is 2.30. The van der Waals surface area contributed by atoms with Crippen LogP contribution in [0.2, 0.25) is 0 Å². The molecule has 1 heterocycles. The Morgan fingerprint density at radius 1 is 1.26 bits per heavy atom. The van der Waals surface area contributed by atoms with Crippen molar-refractivity contribution in [3.63, 3.8) is 0 Å². The molecule has 192 valence electrons. The van der Waals surface area contributed by atoms with Gasteiger partial charge in [0, 0.05) is 5.92 Å². The zero-order valence-corrected chi connectivity index (χ0v) is 19.2. The number of amides is 1. The van der Waals surface area contributed by atoms with Crippen LogP contribution < -0.4 is 10.1 Å². The molecule has 10 nitrogen and oxygen atoms in total. The number of benzene rings is 1. The molecule has 3 atom stereocenters. The van der Waals surface area contributed by atoms with Gasteiger partial charge in [0.1, 0.15) is 5.60 Å². The minimum Gasteiger partial charge on any atom is -0.477 e. The zero-order valence-electron chi connectivity index (χ0n) is 18.4. The van der Waals surface area contributed by atoms with Crippen molar-refractivity contribution >= 4 is 21.6 Å². The highest BCUT2D eigenvalue weighted by molar-refractivity contribution is 7.91. The molecule has 1 amide bonds. The highest BCUT2D eigenvalue weighted by Gasteiger charge is 2.41. The van der Waals surface area contributed by atoms with E-state index in [1.165, 1.54) is 0 Å². The summed E-state index contributed by atoms with van der Waals surface area (Å²) in [4.78, 5) is 21.9. The first-order chi connectivity index (χ1) is 15.4. The number of alkyl carbamates (subject to hydrolysis) is 1. The second kappa shape index (κ2) is 9.90. The van der Waals surface area contributed by atoms with Crippen LogP contribution in [-0.4, -0.2) is 66.6 Å². The average Bonchev–Trinajstić information content (AvgIpc) is 2.60. The number of alkyl halides is 3. The van der Waals surface area contributed by atoms with E-state index >= 15 is 0 Å². The number of hydrogen-bond donors (Lipinski definition) is 2. The van der Waals surface area contributed by atoms with Crippen molar-refractivity contribution in [2.75, 3.05) is 18.1 Å². The molecular weight excluding hydrogens is 492 g/mol. The summed E-state index contributed by atoms with van der Waals surface area (Å²) in [6.07, 6.45) is -7.66. The first kappa shape index (κ1) is 27.6. The summed E-state index contributed by atoms with van der Waals surface area (Å²) < 4.78 is 86.0. The Hall–Kier alpha value is -2.68. The molecule has 0 spiro atoms. The normalized spacial score (nSPS) is 22.6. The fraction of sp³-hybridized carbons (Fsp3) is 0.632. The molecule has 0 aromatic heterocycles. The Labute approximate surface area is 192 Å². The summed E-state index contributed by atoms with van der Waals surface area (Å²) in [5, 5.41) is 24.0. The number of nitro benzene ring substituents is 1. The minimum absolute atomic E-state index is 0.141. The van der Waals surface area contributed by atoms with Crippen molar-refractivity contribution in [1.82, 2.24) is 5.32 Å². The Morgan fingerprint density at radius 3 is 2.41 bits per heavy atom. The number of sulfone groups is 1. The molecule has 1 aliphatic heterocycles. The van der Waals surface area contributed by atoms with Crippen LogP contribution in [0.25, 0.3) is 0 Å². The van der Waals surface area contributed by atoms with Crippen LogP contribution in [-0.2, 0) is 21.0 Å². The maximum Gasteiger partial charge on any atom is 0.422 e. The fourth-order valence-electron chi connectivity index (χ4n) is 3.45. The van der Waals surface area contributed by atoms with Gasteiger partial charge in [-0.15, -0.1) is 0 Å². The summed E-state index contributed by atoms with van der Waals surface area (Å²) >= 11 is 0. The molecule has 0 saturated carbocycles. The van der Waals surface area contributed by atoms with Crippen LogP contribution in [0.1, 0.15) is 26.3 Å². The van der Waals surface area contributed by atoms with Crippen LogP contribution in [0.4, 0.5) is 28.0 Å². The smallest absolute Gasteiger partial charge is 0.422 e. The fourth-order valence-corrected chi connectivity index (χ4v) is 5.38.